The van der Waals surface area contributed by atoms with Crippen molar-refractivity contribution >= 4 is 46.4 Å². The summed E-state index contributed by atoms with van der Waals surface area (Å²) in [6.45, 7) is 5.03. The zero-order chi connectivity index (χ0) is 44.9. The fourth-order valence-electron chi connectivity index (χ4n) is 10.1. The van der Waals surface area contributed by atoms with Crippen LogP contribution in [0, 0.1) is 0 Å². The Morgan fingerprint density at radius 2 is 0.940 bits per heavy atom. The number of aromatic amines is 2. The maximum Gasteiger partial charge on any atom is 0.119 e. The van der Waals surface area contributed by atoms with E-state index >= 15 is 0 Å². The Morgan fingerprint density at radius 1 is 0.493 bits per heavy atom. The molecule has 2 N–H and O–H groups in total. The number of nitrogens with one attached hydrogen (secondary N) is 2. The van der Waals surface area contributed by atoms with Gasteiger partial charge in [-0.25, -0.2) is 9.97 Å². The summed E-state index contributed by atoms with van der Waals surface area (Å²) < 4.78 is 6.06. The smallest absolute Gasteiger partial charge is 0.119 e. The van der Waals surface area contributed by atoms with Crippen LogP contribution in [0.25, 0.3) is 90.9 Å². The van der Waals surface area contributed by atoms with Gasteiger partial charge in [0.15, 0.2) is 0 Å². The van der Waals surface area contributed by atoms with E-state index in [1.54, 1.807) is 0 Å². The van der Waals surface area contributed by atoms with Crippen molar-refractivity contribution < 1.29 is 4.74 Å². The highest BCUT2D eigenvalue weighted by atomic mass is 16.5. The van der Waals surface area contributed by atoms with E-state index in [4.69, 9.17) is 14.7 Å². The first kappa shape index (κ1) is 42.1. The highest BCUT2D eigenvalue weighted by Gasteiger charge is 2.26. The van der Waals surface area contributed by atoms with E-state index in [1.807, 2.05) is 0 Å². The summed E-state index contributed by atoms with van der Waals surface area (Å²) >= 11 is 0. The predicted octanol–water partition coefficient (Wildman–Crippen LogP) is 15.6. The average Bonchev–Trinajstić information content (AvgIpc) is 4.25. The lowest BCUT2D eigenvalue weighted by Gasteiger charge is -2.25. The lowest BCUT2D eigenvalue weighted by molar-refractivity contribution is 0.248. The summed E-state index contributed by atoms with van der Waals surface area (Å²) in [5.74, 6) is 0.963. The molecule has 6 heterocycles. The van der Waals surface area contributed by atoms with Crippen molar-refractivity contribution in [2.75, 3.05) is 13.2 Å². The molecule has 67 heavy (non-hydrogen) atoms. The van der Waals surface area contributed by atoms with Gasteiger partial charge in [0, 0.05) is 56.9 Å². The summed E-state index contributed by atoms with van der Waals surface area (Å²) in [6, 6.07) is 58.9. The van der Waals surface area contributed by atoms with E-state index < -0.39 is 0 Å². The molecule has 1 saturated heterocycles. The minimum atomic E-state index is 0.352. The van der Waals surface area contributed by atoms with Gasteiger partial charge in [-0.05, 0) is 120 Å². The van der Waals surface area contributed by atoms with Crippen LogP contribution in [0.1, 0.15) is 85.4 Å². The minimum absolute atomic E-state index is 0.352. The van der Waals surface area contributed by atoms with Gasteiger partial charge in [-0.2, -0.15) is 0 Å². The molecular formula is C61H55N5O. The first-order chi connectivity index (χ1) is 33.2. The number of benzene rings is 5. The maximum absolute atomic E-state index is 6.06. The first-order valence-corrected chi connectivity index (χ1v) is 24.1. The molecule has 0 radical (unpaired) electrons. The van der Waals surface area contributed by atoms with E-state index in [2.05, 4.69) is 210 Å². The molecule has 1 atom stereocenters. The highest BCUT2D eigenvalue weighted by molar-refractivity contribution is 5.99. The van der Waals surface area contributed by atoms with Crippen LogP contribution in [-0.4, -0.2) is 38.0 Å². The Morgan fingerprint density at radius 3 is 1.39 bits per heavy atom. The van der Waals surface area contributed by atoms with Crippen molar-refractivity contribution in [2.45, 2.75) is 58.0 Å². The van der Waals surface area contributed by atoms with E-state index in [9.17, 15) is 0 Å². The molecule has 1 fully saturated rings. The average molecular weight is 874 g/mol. The Hall–Kier alpha value is -7.54. The molecule has 11 rings (SSSR count). The van der Waals surface area contributed by atoms with Crippen LogP contribution in [0.3, 0.4) is 0 Å². The third-order valence-electron chi connectivity index (χ3n) is 13.5. The Bertz CT molecular complexity index is 3200. The van der Waals surface area contributed by atoms with Gasteiger partial charge in [-0.1, -0.05) is 154 Å². The van der Waals surface area contributed by atoms with Crippen LogP contribution in [-0.2, 0) is 6.54 Å². The molecule has 0 amide bonds. The molecule has 3 aromatic heterocycles. The molecule has 0 aliphatic carbocycles. The van der Waals surface area contributed by atoms with Crippen LogP contribution in [0.2, 0.25) is 0 Å². The number of H-pyrrole nitrogens is 2. The van der Waals surface area contributed by atoms with Gasteiger partial charge in [-0.3, -0.25) is 4.90 Å². The number of ether oxygens (including phenoxy) is 1. The second-order valence-corrected chi connectivity index (χ2v) is 17.9. The third-order valence-corrected chi connectivity index (χ3v) is 13.5. The monoisotopic (exact) mass is 873 g/mol. The predicted molar refractivity (Wildman–Crippen MR) is 279 cm³/mol. The quantitative estimate of drug-likeness (QED) is 0.113. The normalized spacial score (nSPS) is 14.5. The largest absolute Gasteiger partial charge is 0.494 e. The van der Waals surface area contributed by atoms with Gasteiger partial charge in [0.25, 0.3) is 0 Å². The lowest BCUT2D eigenvalue weighted by Crippen LogP contribution is -2.22. The maximum atomic E-state index is 6.06. The molecule has 3 aliphatic rings. The number of aromatic nitrogens is 4. The van der Waals surface area contributed by atoms with Crippen LogP contribution in [0.4, 0.5) is 0 Å². The molecule has 5 aromatic carbocycles. The molecule has 8 aromatic rings. The minimum Gasteiger partial charge on any atom is -0.494 e. The molecule has 0 saturated carbocycles. The Kier molecular flexibility index (Phi) is 12.0. The van der Waals surface area contributed by atoms with Gasteiger partial charge in [-0.15, -0.1) is 0 Å². The SMILES string of the molecule is CCCCCCOc1ccc(CN2CCCC2c2ccc(-c3c4nc(c(-c5ccccc5)c5ccc([nH]5)c(-c5ccccc5)c5nc(c(-c6ccccc6)c6ccc3[nH]6)C=C5)C=C4)cc2)cc1. The molecule has 3 aliphatic heterocycles. The topological polar surface area (TPSA) is 69.8 Å². The number of likely N-dealkylation sites (tertiary alicyclic amines) is 1. The molecule has 330 valence electrons. The second kappa shape index (κ2) is 19.1. The molecular weight excluding hydrogens is 819 g/mol. The number of hydrogen-bond acceptors (Lipinski definition) is 4. The van der Waals surface area contributed by atoms with Crippen molar-refractivity contribution in [2.24, 2.45) is 0 Å². The van der Waals surface area contributed by atoms with Crippen molar-refractivity contribution in [3.8, 4) is 50.3 Å². The van der Waals surface area contributed by atoms with Gasteiger partial charge in [0.2, 0.25) is 0 Å². The summed E-state index contributed by atoms with van der Waals surface area (Å²) in [5, 5.41) is 0. The van der Waals surface area contributed by atoms with E-state index in [1.165, 1.54) is 36.8 Å². The molecule has 1 unspecified atom stereocenters. The van der Waals surface area contributed by atoms with Crippen molar-refractivity contribution in [1.82, 2.24) is 24.8 Å². The Balaban J connectivity index is 1.04. The van der Waals surface area contributed by atoms with Crippen LogP contribution >= 0.6 is 0 Å². The number of rotatable bonds is 13. The van der Waals surface area contributed by atoms with Crippen molar-refractivity contribution in [3.05, 3.63) is 198 Å². The molecule has 0 spiro atoms. The van der Waals surface area contributed by atoms with Crippen molar-refractivity contribution in [3.63, 3.8) is 0 Å². The van der Waals surface area contributed by atoms with E-state index in [-0.39, 0.29) is 0 Å². The molecule has 6 nitrogen and oxygen atoms in total. The summed E-state index contributed by atoms with van der Waals surface area (Å²) in [4.78, 5) is 21.4. The second-order valence-electron chi connectivity index (χ2n) is 17.9. The summed E-state index contributed by atoms with van der Waals surface area (Å²) in [7, 11) is 0. The number of fused-ring (bicyclic) bond motifs is 8. The van der Waals surface area contributed by atoms with E-state index in [0.717, 1.165) is 128 Å². The van der Waals surface area contributed by atoms with Gasteiger partial charge in [0.05, 0.1) is 29.4 Å². The van der Waals surface area contributed by atoms with Gasteiger partial charge >= 0.3 is 0 Å². The van der Waals surface area contributed by atoms with Gasteiger partial charge < -0.3 is 14.7 Å². The first-order valence-electron chi connectivity index (χ1n) is 24.1. The highest BCUT2D eigenvalue weighted by Crippen LogP contribution is 2.40. The fraction of sp³-hybridized carbons (Fsp3) is 0.180. The fourth-order valence-corrected chi connectivity index (χ4v) is 10.1. The van der Waals surface area contributed by atoms with Crippen LogP contribution < -0.4 is 4.74 Å². The Labute approximate surface area is 393 Å². The van der Waals surface area contributed by atoms with Crippen LogP contribution in [0.5, 0.6) is 5.75 Å². The lowest BCUT2D eigenvalue weighted by atomic mass is 9.98. The molecule has 6 heteroatoms. The van der Waals surface area contributed by atoms with Gasteiger partial charge in [0.1, 0.15) is 5.75 Å². The zero-order valence-corrected chi connectivity index (χ0v) is 38.1. The number of nitrogens with zero attached hydrogens (tertiary/aromatic N) is 3. The number of unbranched alkanes of at least 4 members (excludes halogenated alkanes) is 3. The molecule has 8 bridgehead atoms. The summed E-state index contributed by atoms with van der Waals surface area (Å²) in [6.07, 6.45) is 15.8. The van der Waals surface area contributed by atoms with E-state index in [0.29, 0.717) is 6.04 Å². The standard InChI is InChI=1S/C61H55N5O/c1-2-3-4-14-40-67-48-29-23-42(24-30-48)41-66-39-15-22-57(66)43-25-27-47(28-26-43)61-55-37-35-53(64-55)59(45-18-10-6-11-19-45)51-33-31-49(62-51)58(44-16-8-5-9-17-44)50-32-34-52(63-50)60(46-20-12-7-13-21-46)54-36-38-56(61)65-54/h5-13,16-21,23-38,57,62,65H,2-4,14-15,22,39-41H2,1H3. The zero-order valence-electron chi connectivity index (χ0n) is 38.1. The van der Waals surface area contributed by atoms with Crippen molar-refractivity contribution in [1.29, 1.82) is 0 Å². The third kappa shape index (κ3) is 8.81. The summed E-state index contributed by atoms with van der Waals surface area (Å²) in [5.41, 5.74) is 18.8. The van der Waals surface area contributed by atoms with Crippen LogP contribution in [0.15, 0.2) is 164 Å². The number of hydrogen-bond donors (Lipinski definition) is 2.